The second-order valence-corrected chi connectivity index (χ2v) is 7.54. The number of likely N-dealkylation sites (N-methyl/N-ethyl adjacent to an activating group) is 1. The summed E-state index contributed by atoms with van der Waals surface area (Å²) in [5, 5.41) is 39.2. The van der Waals surface area contributed by atoms with E-state index >= 15 is 0 Å². The fourth-order valence-electron chi connectivity index (χ4n) is 3.66. The van der Waals surface area contributed by atoms with Gasteiger partial charge in [0.25, 0.3) is 0 Å². The number of ether oxygens (including phenoxy) is 1. The van der Waals surface area contributed by atoms with Crippen LogP contribution >= 0.6 is 0 Å². The summed E-state index contributed by atoms with van der Waals surface area (Å²) in [4.78, 5) is 13.7. The quantitative estimate of drug-likeness (QED) is 0.636. The molecule has 1 saturated heterocycles. The molecule has 3 unspecified atom stereocenters. The van der Waals surface area contributed by atoms with Crippen LogP contribution in [0.3, 0.4) is 0 Å². The van der Waals surface area contributed by atoms with E-state index < -0.39 is 43.0 Å². The van der Waals surface area contributed by atoms with Crippen molar-refractivity contribution in [1.82, 2.24) is 19.9 Å². The molecular weight excluding hydrogens is 383 g/mol. The van der Waals surface area contributed by atoms with Gasteiger partial charge in [-0.2, -0.15) is 0 Å². The van der Waals surface area contributed by atoms with Gasteiger partial charge in [0.15, 0.2) is 6.23 Å². The molecule has 0 bridgehead atoms. The van der Waals surface area contributed by atoms with Crippen LogP contribution in [0.4, 0.5) is 4.39 Å². The molecule has 156 valence electrons. The van der Waals surface area contributed by atoms with Gasteiger partial charge < -0.3 is 25.0 Å². The minimum atomic E-state index is -1.32. The van der Waals surface area contributed by atoms with Gasteiger partial charge in [-0.3, -0.25) is 4.79 Å². The Balaban J connectivity index is 1.63. The first-order valence-electron chi connectivity index (χ1n) is 9.47. The van der Waals surface area contributed by atoms with Crippen molar-refractivity contribution in [1.29, 1.82) is 0 Å². The summed E-state index contributed by atoms with van der Waals surface area (Å²) in [6, 6.07) is 4.79. The van der Waals surface area contributed by atoms with Crippen molar-refractivity contribution >= 4 is 5.91 Å². The fraction of sp³-hybridized carbons (Fsp3) is 0.526. The van der Waals surface area contributed by atoms with Crippen LogP contribution in [0.15, 0.2) is 30.5 Å². The number of amides is 1. The average Bonchev–Trinajstić information content (AvgIpc) is 3.45. The van der Waals surface area contributed by atoms with Gasteiger partial charge in [0, 0.05) is 18.5 Å². The molecule has 4 rings (SSSR count). The summed E-state index contributed by atoms with van der Waals surface area (Å²) in [5.41, 5.74) is 0.846. The number of hydrogen-bond acceptors (Lipinski definition) is 7. The van der Waals surface area contributed by atoms with E-state index in [1.54, 1.807) is 6.07 Å². The maximum absolute atomic E-state index is 13.5. The van der Waals surface area contributed by atoms with Crippen LogP contribution in [0.5, 0.6) is 0 Å². The van der Waals surface area contributed by atoms with Crippen molar-refractivity contribution in [3.63, 3.8) is 0 Å². The molecule has 2 aromatic rings. The zero-order valence-electron chi connectivity index (χ0n) is 15.8. The van der Waals surface area contributed by atoms with Crippen molar-refractivity contribution in [3.05, 3.63) is 36.3 Å². The van der Waals surface area contributed by atoms with Crippen LogP contribution in [-0.2, 0) is 9.53 Å². The lowest BCUT2D eigenvalue weighted by molar-refractivity contribution is -0.241. The normalized spacial score (nSPS) is 29.6. The first-order valence-corrected chi connectivity index (χ1v) is 9.47. The van der Waals surface area contributed by atoms with Gasteiger partial charge in [-0.25, -0.2) is 9.07 Å². The number of aromatic nitrogens is 3. The maximum Gasteiger partial charge on any atom is 0.227 e. The highest BCUT2D eigenvalue weighted by Gasteiger charge is 2.49. The number of nitrogens with zero attached hydrogens (tertiary/aromatic N) is 4. The molecule has 29 heavy (non-hydrogen) atoms. The highest BCUT2D eigenvalue weighted by atomic mass is 19.1. The Bertz CT molecular complexity index is 889. The second-order valence-electron chi connectivity index (χ2n) is 7.54. The summed E-state index contributed by atoms with van der Waals surface area (Å²) >= 11 is 0. The molecule has 2 heterocycles. The lowest BCUT2D eigenvalue weighted by Crippen LogP contribution is -2.61. The predicted molar refractivity (Wildman–Crippen MR) is 97.7 cm³/mol. The molecule has 2 fully saturated rings. The molecule has 1 aromatic carbocycles. The summed E-state index contributed by atoms with van der Waals surface area (Å²) in [5.74, 6) is -0.664. The van der Waals surface area contributed by atoms with Crippen molar-refractivity contribution in [2.75, 3.05) is 13.7 Å². The lowest BCUT2D eigenvalue weighted by Gasteiger charge is -2.45. The third kappa shape index (κ3) is 3.76. The van der Waals surface area contributed by atoms with Crippen molar-refractivity contribution in [2.24, 2.45) is 5.92 Å². The number of rotatable bonds is 5. The van der Waals surface area contributed by atoms with E-state index in [1.165, 1.54) is 41.0 Å². The van der Waals surface area contributed by atoms with Crippen molar-refractivity contribution in [2.45, 2.75) is 43.4 Å². The Morgan fingerprint density at radius 3 is 2.76 bits per heavy atom. The first kappa shape index (κ1) is 19.9. The van der Waals surface area contributed by atoms with Crippen LogP contribution in [0.25, 0.3) is 11.3 Å². The Kier molecular flexibility index (Phi) is 5.34. The SMILES string of the molecule is CN(C(=O)C1CC1)[C@@H]1OC(CO)[C@H](O)C(n2cc(-c3cccc(F)c3)nn2)C1O. The third-order valence-corrected chi connectivity index (χ3v) is 5.46. The monoisotopic (exact) mass is 406 g/mol. The molecule has 2 aliphatic rings. The topological polar surface area (TPSA) is 121 Å². The van der Waals surface area contributed by atoms with Gasteiger partial charge in [-0.15, -0.1) is 5.10 Å². The van der Waals surface area contributed by atoms with Crippen LogP contribution in [-0.4, -0.2) is 79.3 Å². The van der Waals surface area contributed by atoms with E-state index in [9.17, 15) is 24.5 Å². The Morgan fingerprint density at radius 2 is 2.10 bits per heavy atom. The summed E-state index contributed by atoms with van der Waals surface area (Å²) in [6.07, 6.45) is -1.63. The number of hydrogen-bond donors (Lipinski definition) is 3. The number of aliphatic hydroxyl groups excluding tert-OH is 3. The molecule has 0 radical (unpaired) electrons. The Hall–Kier alpha value is -2.40. The summed E-state index contributed by atoms with van der Waals surface area (Å²) in [6.45, 7) is -0.502. The first-order chi connectivity index (χ1) is 13.9. The maximum atomic E-state index is 13.5. The second kappa shape index (κ2) is 7.79. The van der Waals surface area contributed by atoms with E-state index in [4.69, 9.17) is 4.74 Å². The van der Waals surface area contributed by atoms with E-state index in [-0.39, 0.29) is 11.8 Å². The largest absolute Gasteiger partial charge is 0.394 e. The predicted octanol–water partition coefficient (Wildman–Crippen LogP) is -0.0673. The number of carbonyl (C=O) groups excluding carboxylic acids is 1. The zero-order chi connectivity index (χ0) is 20.7. The molecule has 5 atom stereocenters. The van der Waals surface area contributed by atoms with E-state index in [1.807, 2.05) is 0 Å². The molecule has 1 aromatic heterocycles. The molecule has 1 aliphatic carbocycles. The lowest BCUT2D eigenvalue weighted by atomic mass is 9.95. The summed E-state index contributed by atoms with van der Waals surface area (Å²) in [7, 11) is 1.53. The minimum absolute atomic E-state index is 0.0837. The molecule has 10 heteroatoms. The Morgan fingerprint density at radius 1 is 1.34 bits per heavy atom. The van der Waals surface area contributed by atoms with Crippen LogP contribution in [0.2, 0.25) is 0 Å². The van der Waals surface area contributed by atoms with Crippen LogP contribution in [0.1, 0.15) is 18.9 Å². The van der Waals surface area contributed by atoms with E-state index in [0.717, 1.165) is 12.8 Å². The molecule has 1 amide bonds. The van der Waals surface area contributed by atoms with E-state index in [0.29, 0.717) is 11.3 Å². The molecule has 3 N–H and O–H groups in total. The highest BCUT2D eigenvalue weighted by molar-refractivity contribution is 5.81. The number of carbonyl (C=O) groups is 1. The molecular formula is C19H23FN4O5. The van der Waals surface area contributed by atoms with Crippen LogP contribution in [0, 0.1) is 11.7 Å². The number of halogens is 1. The molecule has 1 saturated carbocycles. The van der Waals surface area contributed by atoms with Gasteiger partial charge >= 0.3 is 0 Å². The number of aliphatic hydroxyl groups is 3. The van der Waals surface area contributed by atoms with Gasteiger partial charge in [-0.1, -0.05) is 17.3 Å². The Labute approximate surface area is 166 Å². The van der Waals surface area contributed by atoms with Gasteiger partial charge in [-0.05, 0) is 25.0 Å². The summed E-state index contributed by atoms with van der Waals surface area (Å²) < 4.78 is 20.4. The van der Waals surface area contributed by atoms with E-state index in [2.05, 4.69) is 10.3 Å². The molecule has 9 nitrogen and oxygen atoms in total. The third-order valence-electron chi connectivity index (χ3n) is 5.46. The molecule has 0 spiro atoms. The zero-order valence-corrected chi connectivity index (χ0v) is 15.8. The minimum Gasteiger partial charge on any atom is -0.394 e. The van der Waals surface area contributed by atoms with Crippen molar-refractivity contribution < 1.29 is 29.2 Å². The van der Waals surface area contributed by atoms with Crippen LogP contribution < -0.4 is 0 Å². The standard InChI is InChI=1S/C19H23FN4O5/c1-23(18(28)10-5-6-10)19-17(27)15(16(26)14(9-25)29-19)24-8-13(21-22-24)11-3-2-4-12(20)7-11/h2-4,7-8,10,14-17,19,25-27H,5-6,9H2,1H3/t14?,15?,16-,17?,19+/m0/s1. The fourth-order valence-corrected chi connectivity index (χ4v) is 3.66. The van der Waals surface area contributed by atoms with Gasteiger partial charge in [0.05, 0.1) is 12.8 Å². The van der Waals surface area contributed by atoms with Gasteiger partial charge in [0.2, 0.25) is 5.91 Å². The van der Waals surface area contributed by atoms with Gasteiger partial charge in [0.1, 0.15) is 35.9 Å². The smallest absolute Gasteiger partial charge is 0.227 e. The average molecular weight is 406 g/mol. The van der Waals surface area contributed by atoms with Crippen molar-refractivity contribution in [3.8, 4) is 11.3 Å². The molecule has 1 aliphatic heterocycles. The number of benzene rings is 1. The highest BCUT2D eigenvalue weighted by Crippen LogP contribution is 2.35.